The quantitative estimate of drug-likeness (QED) is 0.891. The van der Waals surface area contributed by atoms with Crippen LogP contribution in [-0.2, 0) is 13.1 Å². The number of hydrogen-bond donors (Lipinski definition) is 1. The molecule has 0 unspecified atom stereocenters. The van der Waals surface area contributed by atoms with Crippen LogP contribution in [0.5, 0.6) is 11.5 Å². The van der Waals surface area contributed by atoms with Crippen molar-refractivity contribution in [2.45, 2.75) is 31.2 Å². The van der Waals surface area contributed by atoms with Crippen LogP contribution in [0, 0.1) is 0 Å². The molecule has 0 bridgehead atoms. The number of carbonyl (C=O) groups excluding carboxylic acids is 1. The molecule has 1 N–H and O–H groups in total. The van der Waals surface area contributed by atoms with Gasteiger partial charge in [0.1, 0.15) is 13.2 Å². The number of aromatic nitrogens is 2. The molecule has 138 valence electrons. The van der Waals surface area contributed by atoms with Crippen LogP contribution in [0.4, 0.5) is 4.79 Å². The number of benzene rings is 1. The van der Waals surface area contributed by atoms with Crippen molar-refractivity contribution in [2.75, 3.05) is 26.0 Å². The third-order valence-corrected chi connectivity index (χ3v) is 5.69. The average molecular weight is 374 g/mol. The number of thioether (sulfide) groups is 1. The van der Waals surface area contributed by atoms with Gasteiger partial charge in [0.25, 0.3) is 0 Å². The molecule has 2 aromatic rings. The highest BCUT2D eigenvalue weighted by atomic mass is 32.2. The summed E-state index contributed by atoms with van der Waals surface area (Å²) in [5, 5.41) is 3.98. The zero-order valence-corrected chi connectivity index (χ0v) is 15.7. The Morgan fingerprint density at radius 1 is 1.38 bits per heavy atom. The van der Waals surface area contributed by atoms with Crippen molar-refractivity contribution in [1.29, 1.82) is 0 Å². The van der Waals surface area contributed by atoms with E-state index in [1.165, 1.54) is 0 Å². The number of nitrogens with one attached hydrogen (secondary N) is 1. The van der Waals surface area contributed by atoms with Crippen molar-refractivity contribution in [1.82, 2.24) is 19.8 Å². The van der Waals surface area contributed by atoms with E-state index in [4.69, 9.17) is 9.47 Å². The number of aryl methyl sites for hydroxylation is 1. The number of hydrogen-bond acceptors (Lipinski definition) is 5. The van der Waals surface area contributed by atoms with Crippen molar-refractivity contribution < 1.29 is 14.3 Å². The molecule has 0 aliphatic carbocycles. The molecule has 8 heteroatoms. The van der Waals surface area contributed by atoms with Crippen molar-refractivity contribution in [3.05, 3.63) is 35.7 Å². The first-order chi connectivity index (χ1) is 12.6. The second-order valence-electron chi connectivity index (χ2n) is 6.41. The van der Waals surface area contributed by atoms with E-state index in [9.17, 15) is 4.79 Å². The van der Waals surface area contributed by atoms with Crippen molar-refractivity contribution in [3.8, 4) is 11.5 Å². The van der Waals surface area contributed by atoms with Gasteiger partial charge in [-0.1, -0.05) is 17.8 Å². The summed E-state index contributed by atoms with van der Waals surface area (Å²) in [6.45, 7) is 4.53. The Balaban J connectivity index is 1.37. The monoisotopic (exact) mass is 374 g/mol. The van der Waals surface area contributed by atoms with Crippen LogP contribution < -0.4 is 14.8 Å². The molecule has 1 atom stereocenters. The van der Waals surface area contributed by atoms with Gasteiger partial charge in [-0.15, -0.1) is 0 Å². The van der Waals surface area contributed by atoms with Crippen LogP contribution in [0.3, 0.4) is 0 Å². The number of urea groups is 1. The van der Waals surface area contributed by atoms with Gasteiger partial charge in [0.05, 0.1) is 18.3 Å². The summed E-state index contributed by atoms with van der Waals surface area (Å²) in [4.78, 5) is 18.7. The summed E-state index contributed by atoms with van der Waals surface area (Å²) in [5.74, 6) is 2.56. The van der Waals surface area contributed by atoms with E-state index in [0.29, 0.717) is 19.8 Å². The molecule has 2 aliphatic rings. The molecule has 1 aromatic heterocycles. The number of nitrogens with zero attached hydrogens (tertiary/aromatic N) is 3. The molecule has 1 aromatic carbocycles. The fourth-order valence-electron chi connectivity index (χ4n) is 3.06. The Hall–Kier alpha value is -2.35. The van der Waals surface area contributed by atoms with Gasteiger partial charge in [-0.25, -0.2) is 9.78 Å². The highest BCUT2D eigenvalue weighted by molar-refractivity contribution is 7.99. The third-order valence-electron chi connectivity index (χ3n) is 4.72. The molecule has 0 saturated heterocycles. The minimum atomic E-state index is -0.131. The molecule has 0 radical (unpaired) electrons. The molecule has 26 heavy (non-hydrogen) atoms. The summed E-state index contributed by atoms with van der Waals surface area (Å²) in [5.41, 5.74) is 1.89. The minimum absolute atomic E-state index is 0.0895. The first kappa shape index (κ1) is 17.1. The van der Waals surface area contributed by atoms with Crippen LogP contribution in [0.15, 0.2) is 29.6 Å². The Kier molecular flexibility index (Phi) is 4.67. The first-order valence-electron chi connectivity index (χ1n) is 8.71. The van der Waals surface area contributed by atoms with Crippen LogP contribution in [-0.4, -0.2) is 46.5 Å². The van der Waals surface area contributed by atoms with Gasteiger partial charge in [0, 0.05) is 25.5 Å². The maximum atomic E-state index is 12.5. The lowest BCUT2D eigenvalue weighted by Crippen LogP contribution is -2.38. The zero-order valence-electron chi connectivity index (χ0n) is 14.9. The van der Waals surface area contributed by atoms with Crippen LogP contribution in [0.1, 0.15) is 24.2 Å². The van der Waals surface area contributed by atoms with Crippen molar-refractivity contribution >= 4 is 17.8 Å². The number of fused-ring (bicyclic) bond motifs is 2. The maximum absolute atomic E-state index is 12.5. The van der Waals surface area contributed by atoms with Crippen LogP contribution in [0.2, 0.25) is 0 Å². The smallest absolute Gasteiger partial charge is 0.317 e. The predicted molar refractivity (Wildman–Crippen MR) is 98.8 cm³/mol. The molecule has 3 heterocycles. The van der Waals surface area contributed by atoms with Gasteiger partial charge in [-0.05, 0) is 24.6 Å². The molecule has 7 nitrogen and oxygen atoms in total. The summed E-state index contributed by atoms with van der Waals surface area (Å²) in [7, 11) is 1.79. The Morgan fingerprint density at radius 2 is 2.19 bits per heavy atom. The molecule has 0 fully saturated rings. The average Bonchev–Trinajstić information content (AvgIpc) is 3.26. The summed E-state index contributed by atoms with van der Waals surface area (Å²) in [6, 6.07) is 5.59. The number of imidazole rings is 1. The zero-order chi connectivity index (χ0) is 18.1. The fourth-order valence-corrected chi connectivity index (χ4v) is 4.02. The van der Waals surface area contributed by atoms with E-state index in [1.807, 2.05) is 31.3 Å². The van der Waals surface area contributed by atoms with Gasteiger partial charge >= 0.3 is 6.03 Å². The van der Waals surface area contributed by atoms with E-state index >= 15 is 0 Å². The maximum Gasteiger partial charge on any atom is 0.317 e. The molecule has 4 rings (SSSR count). The summed E-state index contributed by atoms with van der Waals surface area (Å²) < 4.78 is 13.3. The SMILES string of the molecule is C[C@H](c1ccc2c(c1)OCCO2)N(C)C(=O)NCc1cn2c(n1)SCC2. The second kappa shape index (κ2) is 7.11. The number of rotatable bonds is 4. The minimum Gasteiger partial charge on any atom is -0.486 e. The van der Waals surface area contributed by atoms with Gasteiger partial charge in [0.2, 0.25) is 0 Å². The fraction of sp³-hybridized carbons (Fsp3) is 0.444. The lowest BCUT2D eigenvalue weighted by molar-refractivity contribution is 0.170. The number of ether oxygens (including phenoxy) is 2. The highest BCUT2D eigenvalue weighted by Crippen LogP contribution is 2.33. The first-order valence-corrected chi connectivity index (χ1v) is 9.69. The Labute approximate surface area is 156 Å². The number of amides is 2. The highest BCUT2D eigenvalue weighted by Gasteiger charge is 2.21. The molecular formula is C18H22N4O3S. The molecular weight excluding hydrogens is 352 g/mol. The van der Waals surface area contributed by atoms with Crippen LogP contribution >= 0.6 is 11.8 Å². The van der Waals surface area contributed by atoms with Gasteiger partial charge in [0.15, 0.2) is 16.7 Å². The predicted octanol–water partition coefficient (Wildman–Crippen LogP) is 2.66. The lowest BCUT2D eigenvalue weighted by atomic mass is 10.1. The van der Waals surface area contributed by atoms with Gasteiger partial charge in [-0.2, -0.15) is 0 Å². The summed E-state index contributed by atoms with van der Waals surface area (Å²) >= 11 is 1.75. The topological polar surface area (TPSA) is 68.6 Å². The standard InChI is InChI=1S/C18H22N4O3S/c1-12(13-3-4-15-16(9-13)25-7-6-24-15)21(2)17(23)19-10-14-11-22-5-8-26-18(22)20-14/h3-4,9,11-12H,5-8,10H2,1-2H3,(H,19,23)/t12-/m1/s1. The normalized spacial score (nSPS) is 16.1. The molecule has 2 aliphatic heterocycles. The second-order valence-corrected chi connectivity index (χ2v) is 7.47. The molecule has 0 saturated carbocycles. The lowest BCUT2D eigenvalue weighted by Gasteiger charge is -2.27. The van der Waals surface area contributed by atoms with Gasteiger partial charge in [-0.3, -0.25) is 0 Å². The van der Waals surface area contributed by atoms with Crippen molar-refractivity contribution in [2.24, 2.45) is 0 Å². The number of carbonyl (C=O) groups is 1. The molecule has 2 amide bonds. The largest absolute Gasteiger partial charge is 0.486 e. The van der Waals surface area contributed by atoms with Gasteiger partial charge < -0.3 is 24.3 Å². The third kappa shape index (κ3) is 3.33. The Bertz CT molecular complexity index is 801. The van der Waals surface area contributed by atoms with E-state index < -0.39 is 0 Å². The molecule has 0 spiro atoms. The van der Waals surface area contributed by atoms with E-state index in [1.54, 1.807) is 23.7 Å². The van der Waals surface area contributed by atoms with E-state index in [-0.39, 0.29) is 12.1 Å². The van der Waals surface area contributed by atoms with Crippen molar-refractivity contribution in [3.63, 3.8) is 0 Å². The van der Waals surface area contributed by atoms with Crippen LogP contribution in [0.25, 0.3) is 0 Å². The van der Waals surface area contributed by atoms with E-state index in [2.05, 4.69) is 14.9 Å². The Morgan fingerprint density at radius 3 is 3.00 bits per heavy atom. The summed E-state index contributed by atoms with van der Waals surface area (Å²) in [6.07, 6.45) is 2.01. The van der Waals surface area contributed by atoms with E-state index in [0.717, 1.165) is 40.2 Å².